The van der Waals surface area contributed by atoms with Crippen LogP contribution in [0.25, 0.3) is 0 Å². The second-order valence-corrected chi connectivity index (χ2v) is 5.69. The highest BCUT2D eigenvalue weighted by Gasteiger charge is 2.26. The maximum atomic E-state index is 12.3. The molecule has 2 rings (SSSR count). The molecule has 0 radical (unpaired) electrons. The van der Waals surface area contributed by atoms with Crippen LogP contribution in [0.5, 0.6) is 5.75 Å². The third-order valence-corrected chi connectivity index (χ3v) is 4.22. The lowest BCUT2D eigenvalue weighted by Crippen LogP contribution is -3.17. The summed E-state index contributed by atoms with van der Waals surface area (Å²) >= 11 is 6.06. The van der Waals surface area contributed by atoms with E-state index in [9.17, 15) is 4.79 Å². The topological polar surface area (TPSA) is 42.8 Å². The van der Waals surface area contributed by atoms with E-state index < -0.39 is 0 Å². The van der Waals surface area contributed by atoms with Gasteiger partial charge in [0.15, 0.2) is 6.04 Å². The number of carbonyl (C=O) groups excluding carboxylic acids is 1. The number of carbonyl (C=O) groups is 1. The monoisotopic (exact) mass is 297 g/mol. The van der Waals surface area contributed by atoms with E-state index in [0.717, 1.165) is 13.1 Å². The first-order valence-electron chi connectivity index (χ1n) is 7.11. The van der Waals surface area contributed by atoms with Crippen LogP contribution >= 0.6 is 11.6 Å². The Morgan fingerprint density at radius 3 is 2.65 bits per heavy atom. The molecule has 0 bridgehead atoms. The van der Waals surface area contributed by atoms with Crippen molar-refractivity contribution in [2.24, 2.45) is 0 Å². The molecule has 1 amide bonds. The molecule has 2 N–H and O–H groups in total. The molecule has 1 fully saturated rings. The summed E-state index contributed by atoms with van der Waals surface area (Å²) in [7, 11) is 1.57. The van der Waals surface area contributed by atoms with E-state index in [1.54, 1.807) is 25.3 Å². The van der Waals surface area contributed by atoms with Gasteiger partial charge >= 0.3 is 0 Å². The normalized spacial score (nSPS) is 17.6. The lowest BCUT2D eigenvalue weighted by atomic mass is 10.1. The fourth-order valence-electron chi connectivity index (χ4n) is 2.62. The van der Waals surface area contributed by atoms with Crippen LogP contribution in [0.4, 0.5) is 5.69 Å². The number of hydrogen-bond donors (Lipinski definition) is 2. The van der Waals surface area contributed by atoms with E-state index in [1.165, 1.54) is 24.2 Å². The van der Waals surface area contributed by atoms with Gasteiger partial charge in [-0.3, -0.25) is 4.79 Å². The Hall–Kier alpha value is -1.26. The predicted molar refractivity (Wildman–Crippen MR) is 80.6 cm³/mol. The van der Waals surface area contributed by atoms with Crippen LogP contribution in [0.3, 0.4) is 0 Å². The van der Waals surface area contributed by atoms with Crippen molar-refractivity contribution in [3.8, 4) is 5.75 Å². The van der Waals surface area contributed by atoms with Gasteiger partial charge in [0.25, 0.3) is 5.91 Å². The largest absolute Gasteiger partial charge is 0.495 e. The van der Waals surface area contributed by atoms with Gasteiger partial charge in [-0.25, -0.2) is 0 Å². The van der Waals surface area contributed by atoms with E-state index in [1.807, 2.05) is 6.92 Å². The van der Waals surface area contributed by atoms with Crippen LogP contribution in [-0.2, 0) is 4.79 Å². The highest BCUT2D eigenvalue weighted by atomic mass is 35.5. The van der Waals surface area contributed by atoms with Crippen LogP contribution in [0, 0.1) is 0 Å². The van der Waals surface area contributed by atoms with Gasteiger partial charge in [0, 0.05) is 5.69 Å². The lowest BCUT2D eigenvalue weighted by Gasteiger charge is -2.28. The number of rotatable bonds is 4. The van der Waals surface area contributed by atoms with Crippen molar-refractivity contribution in [3.63, 3.8) is 0 Å². The number of quaternary nitrogens is 1. The molecule has 1 aromatic carbocycles. The number of halogens is 1. The number of anilines is 1. The number of nitrogens with one attached hydrogen (secondary N) is 2. The smallest absolute Gasteiger partial charge is 0.282 e. The van der Waals surface area contributed by atoms with Gasteiger partial charge in [0.2, 0.25) is 0 Å². The van der Waals surface area contributed by atoms with Crippen molar-refractivity contribution in [1.82, 2.24) is 0 Å². The highest BCUT2D eigenvalue weighted by molar-refractivity contribution is 6.32. The van der Waals surface area contributed by atoms with Gasteiger partial charge in [0.1, 0.15) is 5.75 Å². The number of benzene rings is 1. The first kappa shape index (κ1) is 15.1. The van der Waals surface area contributed by atoms with E-state index in [0.29, 0.717) is 16.5 Å². The number of ether oxygens (including phenoxy) is 1. The minimum atomic E-state index is -0.0313. The highest BCUT2D eigenvalue weighted by Crippen LogP contribution is 2.27. The minimum absolute atomic E-state index is 0.0313. The molecule has 5 heteroatoms. The summed E-state index contributed by atoms with van der Waals surface area (Å²) in [4.78, 5) is 13.6. The molecule has 0 aromatic heterocycles. The van der Waals surface area contributed by atoms with E-state index in [2.05, 4.69) is 5.32 Å². The molecule has 1 aromatic rings. The standard InChI is InChI=1S/C15H21ClN2O2/c1-11(18-8-4-3-5-9-18)15(19)17-12-6-7-14(20-2)13(16)10-12/h6-7,10-11H,3-5,8-9H2,1-2H3,(H,17,19)/p+1/t11-/m1/s1. The predicted octanol–water partition coefficient (Wildman–Crippen LogP) is 1.74. The summed E-state index contributed by atoms with van der Waals surface area (Å²) in [6.07, 6.45) is 3.70. The van der Waals surface area contributed by atoms with Gasteiger partial charge in [-0.15, -0.1) is 0 Å². The molecule has 1 aliphatic rings. The zero-order valence-corrected chi connectivity index (χ0v) is 12.8. The summed E-state index contributed by atoms with van der Waals surface area (Å²) in [5.41, 5.74) is 0.712. The van der Waals surface area contributed by atoms with E-state index in [-0.39, 0.29) is 11.9 Å². The summed E-state index contributed by atoms with van der Waals surface area (Å²) in [5.74, 6) is 0.655. The number of methoxy groups -OCH3 is 1. The maximum Gasteiger partial charge on any atom is 0.282 e. The quantitative estimate of drug-likeness (QED) is 0.889. The van der Waals surface area contributed by atoms with Crippen molar-refractivity contribution in [1.29, 1.82) is 0 Å². The fraction of sp³-hybridized carbons (Fsp3) is 0.533. The third kappa shape index (κ3) is 3.64. The van der Waals surface area contributed by atoms with Gasteiger partial charge < -0.3 is 15.0 Å². The van der Waals surface area contributed by atoms with Crippen LogP contribution in [0.2, 0.25) is 5.02 Å². The first-order valence-corrected chi connectivity index (χ1v) is 7.48. The van der Waals surface area contributed by atoms with Crippen LogP contribution in [0.1, 0.15) is 26.2 Å². The number of hydrogen-bond acceptors (Lipinski definition) is 2. The van der Waals surface area contributed by atoms with Gasteiger partial charge in [-0.2, -0.15) is 0 Å². The van der Waals surface area contributed by atoms with Crippen LogP contribution in [0.15, 0.2) is 18.2 Å². The molecular formula is C15H22ClN2O2+. The van der Waals surface area contributed by atoms with Crippen LogP contribution in [-0.4, -0.2) is 32.1 Å². The first-order chi connectivity index (χ1) is 9.61. The second kappa shape index (κ2) is 6.95. The average molecular weight is 298 g/mol. The van der Waals surface area contributed by atoms with Gasteiger partial charge in [-0.05, 0) is 44.4 Å². The Balaban J connectivity index is 1.98. The lowest BCUT2D eigenvalue weighted by molar-refractivity contribution is -0.918. The molecule has 110 valence electrons. The van der Waals surface area contributed by atoms with Crippen molar-refractivity contribution < 1.29 is 14.4 Å². The number of amides is 1. The van der Waals surface area contributed by atoms with E-state index >= 15 is 0 Å². The molecule has 0 aliphatic carbocycles. The zero-order chi connectivity index (χ0) is 14.5. The molecule has 0 unspecified atom stereocenters. The Morgan fingerprint density at radius 2 is 2.05 bits per heavy atom. The molecule has 1 atom stereocenters. The zero-order valence-electron chi connectivity index (χ0n) is 12.0. The van der Waals surface area contributed by atoms with Crippen LogP contribution < -0.4 is 15.0 Å². The van der Waals surface area contributed by atoms with Crippen molar-refractivity contribution in [3.05, 3.63) is 23.2 Å². The Bertz CT molecular complexity index is 473. The van der Waals surface area contributed by atoms with Crippen molar-refractivity contribution >= 4 is 23.2 Å². The average Bonchev–Trinajstić information content (AvgIpc) is 2.47. The van der Waals surface area contributed by atoms with Crippen molar-refractivity contribution in [2.75, 3.05) is 25.5 Å². The Morgan fingerprint density at radius 1 is 1.35 bits per heavy atom. The fourth-order valence-corrected chi connectivity index (χ4v) is 2.88. The molecule has 1 heterocycles. The Labute approximate surface area is 125 Å². The molecule has 20 heavy (non-hydrogen) atoms. The van der Waals surface area contributed by atoms with Gasteiger partial charge in [-0.1, -0.05) is 11.6 Å². The van der Waals surface area contributed by atoms with Crippen molar-refractivity contribution in [2.45, 2.75) is 32.2 Å². The molecule has 0 saturated carbocycles. The number of piperidine rings is 1. The van der Waals surface area contributed by atoms with E-state index in [4.69, 9.17) is 16.3 Å². The molecule has 0 spiro atoms. The molecule has 1 aliphatic heterocycles. The summed E-state index contributed by atoms with van der Waals surface area (Å²) in [6, 6.07) is 5.25. The van der Waals surface area contributed by atoms with Gasteiger partial charge in [0.05, 0.1) is 25.2 Å². The minimum Gasteiger partial charge on any atom is -0.495 e. The molecular weight excluding hydrogens is 276 g/mol. The summed E-state index contributed by atoms with van der Waals surface area (Å²) in [6.45, 7) is 4.15. The SMILES string of the molecule is COc1ccc(NC(=O)[C@@H](C)[NH+]2CCCCC2)cc1Cl. The Kier molecular flexibility index (Phi) is 5.26. The maximum absolute atomic E-state index is 12.3. The molecule has 1 saturated heterocycles. The summed E-state index contributed by atoms with van der Waals surface area (Å²) < 4.78 is 5.10. The second-order valence-electron chi connectivity index (χ2n) is 5.28. The third-order valence-electron chi connectivity index (χ3n) is 3.92. The number of likely N-dealkylation sites (tertiary alicyclic amines) is 1. The summed E-state index contributed by atoms with van der Waals surface area (Å²) in [5, 5.41) is 3.43. The molecule has 4 nitrogen and oxygen atoms in total.